The number of aliphatic carboxylic acids is 1. The molecular formula is C16H27NO5. The van der Waals surface area contributed by atoms with Crippen LogP contribution < -0.4 is 5.32 Å². The van der Waals surface area contributed by atoms with E-state index in [1.807, 2.05) is 0 Å². The number of rotatable bonds is 7. The minimum Gasteiger partial charge on any atom is -0.479 e. The van der Waals surface area contributed by atoms with Gasteiger partial charge in [-0.05, 0) is 32.1 Å². The Labute approximate surface area is 131 Å². The Morgan fingerprint density at radius 2 is 1.91 bits per heavy atom. The summed E-state index contributed by atoms with van der Waals surface area (Å²) in [5.74, 6) is -1.21. The quantitative estimate of drug-likeness (QED) is 0.749. The molecule has 1 aliphatic carbocycles. The second-order valence-corrected chi connectivity index (χ2v) is 6.34. The van der Waals surface area contributed by atoms with Gasteiger partial charge in [-0.3, -0.25) is 4.79 Å². The van der Waals surface area contributed by atoms with Gasteiger partial charge in [-0.2, -0.15) is 0 Å². The van der Waals surface area contributed by atoms with Crippen LogP contribution in [0.3, 0.4) is 0 Å². The third-order valence-electron chi connectivity index (χ3n) is 4.55. The van der Waals surface area contributed by atoms with E-state index in [1.54, 1.807) is 0 Å². The highest BCUT2D eigenvalue weighted by Gasteiger charge is 2.37. The van der Waals surface area contributed by atoms with Crippen LogP contribution in [0.4, 0.5) is 0 Å². The van der Waals surface area contributed by atoms with Gasteiger partial charge in [-0.15, -0.1) is 0 Å². The molecule has 1 amide bonds. The predicted molar refractivity (Wildman–Crippen MR) is 80.6 cm³/mol. The van der Waals surface area contributed by atoms with Gasteiger partial charge < -0.3 is 19.9 Å². The summed E-state index contributed by atoms with van der Waals surface area (Å²) in [6.45, 7) is 3.27. The van der Waals surface area contributed by atoms with Crippen LogP contribution in [0.5, 0.6) is 0 Å². The van der Waals surface area contributed by atoms with Gasteiger partial charge in [-0.25, -0.2) is 4.79 Å². The minimum atomic E-state index is -0.995. The zero-order chi connectivity index (χ0) is 16.0. The van der Waals surface area contributed by atoms with Crippen molar-refractivity contribution in [3.8, 4) is 0 Å². The first-order chi connectivity index (χ1) is 10.6. The number of carboxylic acids is 1. The number of hydrogen-bond acceptors (Lipinski definition) is 4. The van der Waals surface area contributed by atoms with Gasteiger partial charge >= 0.3 is 5.97 Å². The molecule has 0 aromatic heterocycles. The van der Waals surface area contributed by atoms with Crippen LogP contribution in [0, 0.1) is 0 Å². The van der Waals surface area contributed by atoms with Gasteiger partial charge in [0.2, 0.25) is 5.91 Å². The fourth-order valence-electron chi connectivity index (χ4n) is 3.26. The van der Waals surface area contributed by atoms with Gasteiger partial charge in [0.15, 0.2) is 6.10 Å². The molecule has 2 fully saturated rings. The number of carbonyl (C=O) groups is 2. The molecule has 2 atom stereocenters. The molecule has 6 nitrogen and oxygen atoms in total. The van der Waals surface area contributed by atoms with Crippen molar-refractivity contribution in [1.82, 2.24) is 5.32 Å². The molecule has 1 heterocycles. The van der Waals surface area contributed by atoms with Gasteiger partial charge in [0.1, 0.15) is 6.10 Å². The van der Waals surface area contributed by atoms with E-state index in [9.17, 15) is 9.59 Å². The van der Waals surface area contributed by atoms with Crippen molar-refractivity contribution in [3.63, 3.8) is 0 Å². The van der Waals surface area contributed by atoms with Crippen LogP contribution in [-0.2, 0) is 19.1 Å². The van der Waals surface area contributed by atoms with E-state index in [0.717, 1.165) is 32.1 Å². The van der Waals surface area contributed by atoms with Gasteiger partial charge in [0, 0.05) is 13.2 Å². The first-order valence-electron chi connectivity index (χ1n) is 8.36. The minimum absolute atomic E-state index is 0.214. The average molecular weight is 313 g/mol. The average Bonchev–Trinajstić information content (AvgIpc) is 3.02. The Bertz CT molecular complexity index is 392. The van der Waals surface area contributed by atoms with Crippen molar-refractivity contribution < 1.29 is 24.2 Å². The van der Waals surface area contributed by atoms with E-state index in [1.165, 1.54) is 6.42 Å². The molecule has 1 saturated carbocycles. The lowest BCUT2D eigenvalue weighted by Crippen LogP contribution is -2.49. The van der Waals surface area contributed by atoms with Gasteiger partial charge in [0.05, 0.1) is 5.60 Å². The first kappa shape index (κ1) is 17.2. The Balaban J connectivity index is 1.83. The van der Waals surface area contributed by atoms with E-state index in [4.69, 9.17) is 14.6 Å². The highest BCUT2D eigenvalue weighted by molar-refractivity contribution is 5.82. The van der Waals surface area contributed by atoms with Gasteiger partial charge in [0.25, 0.3) is 0 Å². The normalized spacial score (nSPS) is 27.5. The molecule has 1 aliphatic heterocycles. The van der Waals surface area contributed by atoms with E-state index >= 15 is 0 Å². The molecule has 0 bridgehead atoms. The van der Waals surface area contributed by atoms with Crippen LogP contribution in [-0.4, -0.2) is 47.9 Å². The van der Waals surface area contributed by atoms with E-state index in [2.05, 4.69) is 12.2 Å². The second-order valence-electron chi connectivity index (χ2n) is 6.34. The lowest BCUT2D eigenvalue weighted by Gasteiger charge is -2.37. The highest BCUT2D eigenvalue weighted by Crippen LogP contribution is 2.31. The Kier molecular flexibility index (Phi) is 6.20. The van der Waals surface area contributed by atoms with Crippen LogP contribution in [0.25, 0.3) is 0 Å². The van der Waals surface area contributed by atoms with Crippen molar-refractivity contribution in [2.45, 2.75) is 76.1 Å². The molecule has 2 aliphatic rings. The number of amides is 1. The number of ether oxygens (including phenoxy) is 2. The lowest BCUT2D eigenvalue weighted by molar-refractivity contribution is -0.152. The van der Waals surface area contributed by atoms with E-state index in [0.29, 0.717) is 26.0 Å². The molecule has 0 aromatic carbocycles. The Hall–Kier alpha value is -1.14. The third-order valence-corrected chi connectivity index (χ3v) is 4.55. The highest BCUT2D eigenvalue weighted by atomic mass is 16.5. The molecule has 0 aromatic rings. The third kappa shape index (κ3) is 4.43. The maximum atomic E-state index is 12.2. The standard InChI is InChI=1S/C16H27NO5/c1-2-10-21-16(8-4-3-5-9-16)11-17-14(18)12-6-7-13(22-12)15(19)20/h12-13H,2-11H2,1H3,(H,17,18)(H,19,20)/t12-,13+/m0/s1. The largest absolute Gasteiger partial charge is 0.479 e. The van der Waals surface area contributed by atoms with Crippen LogP contribution in [0.15, 0.2) is 0 Å². The monoisotopic (exact) mass is 313 g/mol. The maximum Gasteiger partial charge on any atom is 0.332 e. The summed E-state index contributed by atoms with van der Waals surface area (Å²) >= 11 is 0. The maximum absolute atomic E-state index is 12.2. The topological polar surface area (TPSA) is 84.9 Å². The Morgan fingerprint density at radius 3 is 2.50 bits per heavy atom. The lowest BCUT2D eigenvalue weighted by atomic mass is 9.84. The number of hydrogen-bond donors (Lipinski definition) is 2. The van der Waals surface area contributed by atoms with Gasteiger partial charge in [-0.1, -0.05) is 26.2 Å². The molecular weight excluding hydrogens is 286 g/mol. The van der Waals surface area contributed by atoms with E-state index < -0.39 is 18.2 Å². The summed E-state index contributed by atoms with van der Waals surface area (Å²) in [6.07, 6.45) is 5.73. The fourth-order valence-corrected chi connectivity index (χ4v) is 3.26. The van der Waals surface area contributed by atoms with Crippen molar-refractivity contribution in [2.75, 3.05) is 13.2 Å². The molecule has 2 rings (SSSR count). The molecule has 126 valence electrons. The molecule has 22 heavy (non-hydrogen) atoms. The van der Waals surface area contributed by atoms with Crippen molar-refractivity contribution >= 4 is 11.9 Å². The SMILES string of the molecule is CCCOC1(CNC(=O)[C@@H]2CC[C@H](C(=O)O)O2)CCCCC1. The molecule has 0 spiro atoms. The summed E-state index contributed by atoms with van der Waals surface area (Å²) in [5.41, 5.74) is -0.255. The first-order valence-corrected chi connectivity index (χ1v) is 8.36. The smallest absolute Gasteiger partial charge is 0.332 e. The van der Waals surface area contributed by atoms with Crippen molar-refractivity contribution in [3.05, 3.63) is 0 Å². The van der Waals surface area contributed by atoms with E-state index in [-0.39, 0.29) is 11.5 Å². The Morgan fingerprint density at radius 1 is 1.23 bits per heavy atom. The summed E-state index contributed by atoms with van der Waals surface area (Å²) in [4.78, 5) is 23.1. The van der Waals surface area contributed by atoms with Crippen molar-refractivity contribution in [1.29, 1.82) is 0 Å². The molecule has 0 radical (unpaired) electrons. The summed E-state index contributed by atoms with van der Waals surface area (Å²) in [7, 11) is 0. The summed E-state index contributed by atoms with van der Waals surface area (Å²) in [6, 6.07) is 0. The predicted octanol–water partition coefficient (Wildman–Crippen LogP) is 1.86. The number of nitrogens with one attached hydrogen (secondary N) is 1. The van der Waals surface area contributed by atoms with Crippen LogP contribution in [0.2, 0.25) is 0 Å². The second kappa shape index (κ2) is 7.92. The van der Waals surface area contributed by atoms with Crippen molar-refractivity contribution in [2.24, 2.45) is 0 Å². The van der Waals surface area contributed by atoms with Crippen LogP contribution >= 0.6 is 0 Å². The molecule has 0 unspecified atom stereocenters. The number of carbonyl (C=O) groups excluding carboxylic acids is 1. The summed E-state index contributed by atoms with van der Waals surface area (Å²) in [5, 5.41) is 11.8. The number of carboxylic acid groups (broad SMARTS) is 1. The zero-order valence-electron chi connectivity index (χ0n) is 13.3. The molecule has 2 N–H and O–H groups in total. The summed E-state index contributed by atoms with van der Waals surface area (Å²) < 4.78 is 11.3. The molecule has 1 saturated heterocycles. The zero-order valence-corrected chi connectivity index (χ0v) is 13.3. The van der Waals surface area contributed by atoms with Crippen LogP contribution in [0.1, 0.15) is 58.3 Å². The molecule has 6 heteroatoms. The fraction of sp³-hybridized carbons (Fsp3) is 0.875.